The summed E-state index contributed by atoms with van der Waals surface area (Å²) in [5, 5.41) is 4.13. The number of thioether (sulfide) groups is 1. The van der Waals surface area contributed by atoms with Gasteiger partial charge in [0, 0.05) is 23.2 Å². The Hall–Kier alpha value is -1.55. The van der Waals surface area contributed by atoms with Gasteiger partial charge in [0.05, 0.1) is 11.8 Å². The quantitative estimate of drug-likeness (QED) is 0.614. The van der Waals surface area contributed by atoms with Gasteiger partial charge in [0.15, 0.2) is 5.78 Å². The van der Waals surface area contributed by atoms with Crippen LogP contribution < -0.4 is 0 Å². The van der Waals surface area contributed by atoms with Gasteiger partial charge in [-0.25, -0.2) is 0 Å². The van der Waals surface area contributed by atoms with E-state index in [1.807, 2.05) is 37.4 Å². The molecule has 0 fully saturated rings. The second-order valence-corrected chi connectivity index (χ2v) is 4.46. The molecule has 0 aliphatic heterocycles. The van der Waals surface area contributed by atoms with Gasteiger partial charge in [0.1, 0.15) is 0 Å². The van der Waals surface area contributed by atoms with E-state index >= 15 is 0 Å². The minimum absolute atomic E-state index is 0.0367. The summed E-state index contributed by atoms with van der Waals surface area (Å²) >= 11 is 1.58. The lowest BCUT2D eigenvalue weighted by molar-refractivity contribution is 0.103. The maximum atomic E-state index is 12.3. The highest BCUT2D eigenvalue weighted by Gasteiger charge is 2.14. The Morgan fingerprint density at radius 3 is 2.82 bits per heavy atom. The lowest BCUT2D eigenvalue weighted by Gasteiger charge is -2.03. The zero-order valence-electron chi connectivity index (χ0n) is 9.88. The van der Waals surface area contributed by atoms with Crippen molar-refractivity contribution in [3.05, 3.63) is 47.8 Å². The Bertz CT molecular complexity index is 534. The molecule has 0 radical (unpaired) electrons. The number of hydrogen-bond donors (Lipinski definition) is 0. The predicted octanol–water partition coefficient (Wildman–Crippen LogP) is 2.86. The molecule has 0 aliphatic carbocycles. The van der Waals surface area contributed by atoms with E-state index in [2.05, 4.69) is 5.10 Å². The fourth-order valence-electron chi connectivity index (χ4n) is 1.64. The van der Waals surface area contributed by atoms with E-state index in [0.29, 0.717) is 5.56 Å². The van der Waals surface area contributed by atoms with E-state index in [0.717, 1.165) is 17.0 Å². The van der Waals surface area contributed by atoms with Gasteiger partial charge in [-0.15, -0.1) is 11.8 Å². The molecule has 0 saturated carbocycles. The average molecular weight is 246 g/mol. The zero-order chi connectivity index (χ0) is 12.3. The SMILES string of the molecule is CCn1cc(C(=O)c2ccccc2SC)cn1. The number of aryl methyl sites for hydroxylation is 1. The standard InChI is InChI=1S/C13H14N2OS/c1-3-15-9-10(8-14-15)13(16)11-6-4-5-7-12(11)17-2/h4-9H,3H2,1-2H3. The third-order valence-corrected chi connectivity index (χ3v) is 3.37. The average Bonchev–Trinajstić information content (AvgIpc) is 2.86. The first-order chi connectivity index (χ1) is 8.26. The zero-order valence-corrected chi connectivity index (χ0v) is 10.7. The Morgan fingerprint density at radius 2 is 2.18 bits per heavy atom. The Balaban J connectivity index is 2.36. The lowest BCUT2D eigenvalue weighted by Crippen LogP contribution is -2.02. The number of carbonyl (C=O) groups excluding carboxylic acids is 1. The molecule has 17 heavy (non-hydrogen) atoms. The van der Waals surface area contributed by atoms with E-state index < -0.39 is 0 Å². The largest absolute Gasteiger partial charge is 0.288 e. The molecule has 4 heteroatoms. The topological polar surface area (TPSA) is 34.9 Å². The summed E-state index contributed by atoms with van der Waals surface area (Å²) in [6, 6.07) is 7.65. The summed E-state index contributed by atoms with van der Waals surface area (Å²) < 4.78 is 1.76. The molecule has 0 unspecified atom stereocenters. The molecule has 3 nitrogen and oxygen atoms in total. The summed E-state index contributed by atoms with van der Waals surface area (Å²) in [7, 11) is 0. The van der Waals surface area contributed by atoms with Crippen LogP contribution in [-0.4, -0.2) is 21.8 Å². The molecule has 0 N–H and O–H groups in total. The first-order valence-electron chi connectivity index (χ1n) is 5.46. The third kappa shape index (κ3) is 2.42. The molecule has 0 amide bonds. The van der Waals surface area contributed by atoms with Crippen molar-refractivity contribution in [3.8, 4) is 0 Å². The van der Waals surface area contributed by atoms with E-state index in [4.69, 9.17) is 0 Å². The fourth-order valence-corrected chi connectivity index (χ4v) is 2.24. The van der Waals surface area contributed by atoms with Crippen LogP contribution in [0.2, 0.25) is 0 Å². The summed E-state index contributed by atoms with van der Waals surface area (Å²) in [6.45, 7) is 2.77. The number of hydrogen-bond acceptors (Lipinski definition) is 3. The van der Waals surface area contributed by atoms with Gasteiger partial charge in [-0.2, -0.15) is 5.10 Å². The third-order valence-electron chi connectivity index (χ3n) is 2.57. The first-order valence-corrected chi connectivity index (χ1v) is 6.69. The van der Waals surface area contributed by atoms with Gasteiger partial charge in [-0.05, 0) is 25.3 Å². The summed E-state index contributed by atoms with van der Waals surface area (Å²) in [5.41, 5.74) is 1.39. The highest BCUT2D eigenvalue weighted by atomic mass is 32.2. The van der Waals surface area contributed by atoms with Crippen molar-refractivity contribution in [2.24, 2.45) is 0 Å². The molecule has 0 bridgehead atoms. The Labute approximate surface area is 105 Å². The minimum Gasteiger partial charge on any atom is -0.288 e. The van der Waals surface area contributed by atoms with Gasteiger partial charge in [0.25, 0.3) is 0 Å². The number of nitrogens with zero attached hydrogens (tertiary/aromatic N) is 2. The van der Waals surface area contributed by atoms with Crippen molar-refractivity contribution in [3.63, 3.8) is 0 Å². The van der Waals surface area contributed by atoms with Crippen molar-refractivity contribution in [1.29, 1.82) is 0 Å². The van der Waals surface area contributed by atoms with E-state index in [1.54, 1.807) is 28.8 Å². The van der Waals surface area contributed by atoms with Gasteiger partial charge in [0.2, 0.25) is 0 Å². The molecule has 1 aromatic carbocycles. The maximum Gasteiger partial charge on any atom is 0.197 e. The van der Waals surface area contributed by atoms with Crippen molar-refractivity contribution >= 4 is 17.5 Å². The molecule has 1 aromatic heterocycles. The van der Waals surface area contributed by atoms with Gasteiger partial charge in [-0.3, -0.25) is 9.48 Å². The van der Waals surface area contributed by atoms with Crippen LogP contribution in [-0.2, 0) is 6.54 Å². The number of rotatable bonds is 4. The Morgan fingerprint density at radius 1 is 1.41 bits per heavy atom. The van der Waals surface area contributed by atoms with Gasteiger partial charge in [-0.1, -0.05) is 12.1 Å². The smallest absolute Gasteiger partial charge is 0.197 e. The van der Waals surface area contributed by atoms with Crippen LogP contribution >= 0.6 is 11.8 Å². The maximum absolute atomic E-state index is 12.3. The predicted molar refractivity (Wildman–Crippen MR) is 69.6 cm³/mol. The highest BCUT2D eigenvalue weighted by Crippen LogP contribution is 2.22. The fraction of sp³-hybridized carbons (Fsp3) is 0.231. The molecule has 88 valence electrons. The second kappa shape index (κ2) is 5.19. The van der Waals surface area contributed by atoms with Crippen LogP contribution in [0, 0.1) is 0 Å². The monoisotopic (exact) mass is 246 g/mol. The molecule has 0 spiro atoms. The molecular formula is C13H14N2OS. The Kier molecular flexibility index (Phi) is 3.64. The first kappa shape index (κ1) is 11.9. The van der Waals surface area contributed by atoms with Crippen LogP contribution in [0.4, 0.5) is 0 Å². The van der Waals surface area contributed by atoms with Crippen molar-refractivity contribution in [2.75, 3.05) is 6.26 Å². The number of ketones is 1. The minimum atomic E-state index is 0.0367. The van der Waals surface area contributed by atoms with Crippen molar-refractivity contribution < 1.29 is 4.79 Å². The van der Waals surface area contributed by atoms with Crippen LogP contribution in [0.1, 0.15) is 22.8 Å². The van der Waals surface area contributed by atoms with Crippen LogP contribution in [0.5, 0.6) is 0 Å². The molecule has 1 heterocycles. The molecule has 0 saturated heterocycles. The number of benzene rings is 1. The second-order valence-electron chi connectivity index (χ2n) is 3.61. The summed E-state index contributed by atoms with van der Waals surface area (Å²) in [6.07, 6.45) is 5.39. The number of aromatic nitrogens is 2. The van der Waals surface area contributed by atoms with E-state index in [1.165, 1.54) is 0 Å². The molecular weight excluding hydrogens is 232 g/mol. The highest BCUT2D eigenvalue weighted by molar-refractivity contribution is 7.98. The van der Waals surface area contributed by atoms with E-state index in [9.17, 15) is 4.79 Å². The van der Waals surface area contributed by atoms with Gasteiger partial charge >= 0.3 is 0 Å². The van der Waals surface area contributed by atoms with Crippen LogP contribution in [0.15, 0.2) is 41.6 Å². The number of carbonyl (C=O) groups is 1. The van der Waals surface area contributed by atoms with Crippen molar-refractivity contribution in [2.45, 2.75) is 18.4 Å². The van der Waals surface area contributed by atoms with Crippen LogP contribution in [0.3, 0.4) is 0 Å². The summed E-state index contributed by atoms with van der Waals surface area (Å²) in [5.74, 6) is 0.0367. The normalized spacial score (nSPS) is 10.5. The van der Waals surface area contributed by atoms with Gasteiger partial charge < -0.3 is 0 Å². The molecule has 0 atom stereocenters. The van der Waals surface area contributed by atoms with E-state index in [-0.39, 0.29) is 5.78 Å². The lowest BCUT2D eigenvalue weighted by atomic mass is 10.1. The van der Waals surface area contributed by atoms with Crippen molar-refractivity contribution in [1.82, 2.24) is 9.78 Å². The molecule has 0 aliphatic rings. The molecule has 2 aromatic rings. The summed E-state index contributed by atoms with van der Waals surface area (Å²) in [4.78, 5) is 13.3. The van der Waals surface area contributed by atoms with Crippen LogP contribution in [0.25, 0.3) is 0 Å². The molecule has 2 rings (SSSR count).